The first kappa shape index (κ1) is 23.5. The Morgan fingerprint density at radius 1 is 1.24 bits per heavy atom. The Kier molecular flexibility index (Phi) is 8.75. The van der Waals surface area contributed by atoms with Crippen molar-refractivity contribution in [3.8, 4) is 5.75 Å². The van der Waals surface area contributed by atoms with Crippen LogP contribution in [0.2, 0.25) is 0 Å². The minimum Gasteiger partial charge on any atom is -0.490 e. The lowest BCUT2D eigenvalue weighted by Gasteiger charge is -2.40. The molecule has 2 unspecified atom stereocenters. The summed E-state index contributed by atoms with van der Waals surface area (Å²) in [5.41, 5.74) is 0.404. The van der Waals surface area contributed by atoms with Crippen molar-refractivity contribution in [1.29, 1.82) is 0 Å². The molecule has 29 heavy (non-hydrogen) atoms. The van der Waals surface area contributed by atoms with Gasteiger partial charge in [-0.3, -0.25) is 4.98 Å². The molecule has 0 radical (unpaired) electrons. The van der Waals surface area contributed by atoms with E-state index in [-0.39, 0.29) is 18.2 Å². The zero-order valence-corrected chi connectivity index (χ0v) is 18.9. The van der Waals surface area contributed by atoms with Gasteiger partial charge < -0.3 is 19.1 Å². The largest absolute Gasteiger partial charge is 0.490 e. The molecule has 6 heteroatoms. The lowest BCUT2D eigenvalue weighted by Crippen LogP contribution is -2.49. The molecule has 1 amide bonds. The van der Waals surface area contributed by atoms with Crippen molar-refractivity contribution in [2.24, 2.45) is 0 Å². The van der Waals surface area contributed by atoms with E-state index >= 15 is 0 Å². The summed E-state index contributed by atoms with van der Waals surface area (Å²) >= 11 is 0. The van der Waals surface area contributed by atoms with Crippen LogP contribution < -0.4 is 4.74 Å². The number of nitrogens with zero attached hydrogens (tertiary/aromatic N) is 2. The van der Waals surface area contributed by atoms with Crippen LogP contribution >= 0.6 is 0 Å². The van der Waals surface area contributed by atoms with E-state index < -0.39 is 5.60 Å². The SMILES string of the molecule is CC.CCOC(c1cnccc1OC1CC1)C1CCCCN1C(=O)OC(C)(C)C. The Labute approximate surface area is 175 Å². The van der Waals surface area contributed by atoms with Crippen LogP contribution in [0.1, 0.15) is 85.3 Å². The zero-order valence-electron chi connectivity index (χ0n) is 18.9. The highest BCUT2D eigenvalue weighted by molar-refractivity contribution is 5.69. The van der Waals surface area contributed by atoms with E-state index in [0.29, 0.717) is 19.3 Å². The summed E-state index contributed by atoms with van der Waals surface area (Å²) in [5.74, 6) is 0.820. The number of piperidine rings is 1. The highest BCUT2D eigenvalue weighted by Gasteiger charge is 2.38. The lowest BCUT2D eigenvalue weighted by atomic mass is 9.93. The maximum Gasteiger partial charge on any atom is 0.410 e. The van der Waals surface area contributed by atoms with Crippen LogP contribution in [0.4, 0.5) is 4.79 Å². The Bertz CT molecular complexity index is 640. The molecule has 0 aromatic carbocycles. The summed E-state index contributed by atoms with van der Waals surface area (Å²) in [6.07, 6.45) is 8.42. The fourth-order valence-electron chi connectivity index (χ4n) is 3.49. The van der Waals surface area contributed by atoms with E-state index in [1.54, 1.807) is 6.20 Å². The van der Waals surface area contributed by atoms with Gasteiger partial charge in [0, 0.05) is 31.1 Å². The third-order valence-corrected chi connectivity index (χ3v) is 4.81. The van der Waals surface area contributed by atoms with Crippen molar-refractivity contribution in [2.75, 3.05) is 13.2 Å². The molecule has 1 aromatic rings. The van der Waals surface area contributed by atoms with E-state index in [2.05, 4.69) is 4.98 Å². The van der Waals surface area contributed by atoms with E-state index in [1.165, 1.54) is 0 Å². The van der Waals surface area contributed by atoms with E-state index in [9.17, 15) is 4.79 Å². The first-order valence-corrected chi connectivity index (χ1v) is 11.1. The van der Waals surface area contributed by atoms with Crippen LogP contribution in [0.5, 0.6) is 5.75 Å². The summed E-state index contributed by atoms with van der Waals surface area (Å²) in [5, 5.41) is 0. The third kappa shape index (κ3) is 6.88. The van der Waals surface area contributed by atoms with Crippen molar-refractivity contribution in [3.05, 3.63) is 24.0 Å². The zero-order chi connectivity index (χ0) is 21.4. The van der Waals surface area contributed by atoms with Gasteiger partial charge in [-0.2, -0.15) is 0 Å². The Balaban J connectivity index is 0.00000145. The van der Waals surface area contributed by atoms with Crippen molar-refractivity contribution in [2.45, 2.75) is 97.5 Å². The van der Waals surface area contributed by atoms with Crippen molar-refractivity contribution in [3.63, 3.8) is 0 Å². The monoisotopic (exact) mass is 406 g/mol. The number of hydrogen-bond acceptors (Lipinski definition) is 5. The topological polar surface area (TPSA) is 60.9 Å². The molecule has 0 spiro atoms. The fraction of sp³-hybridized carbons (Fsp3) is 0.739. The maximum atomic E-state index is 12.8. The van der Waals surface area contributed by atoms with Gasteiger partial charge in [0.25, 0.3) is 0 Å². The van der Waals surface area contributed by atoms with E-state index in [4.69, 9.17) is 14.2 Å². The molecule has 1 aliphatic carbocycles. The van der Waals surface area contributed by atoms with Gasteiger partial charge in [-0.15, -0.1) is 0 Å². The number of ether oxygens (including phenoxy) is 3. The predicted octanol–water partition coefficient (Wildman–Crippen LogP) is 5.52. The molecule has 164 valence electrons. The minimum atomic E-state index is -0.519. The molecule has 1 aliphatic heterocycles. The molecule has 2 fully saturated rings. The van der Waals surface area contributed by atoms with Gasteiger partial charge in [0.05, 0.1) is 12.1 Å². The predicted molar refractivity (Wildman–Crippen MR) is 114 cm³/mol. The van der Waals surface area contributed by atoms with Crippen molar-refractivity contribution < 1.29 is 19.0 Å². The van der Waals surface area contributed by atoms with Crippen LogP contribution in [0.25, 0.3) is 0 Å². The standard InChI is InChI=1S/C21H32N2O4.C2H6/c1-5-25-19(16-14-22-12-11-18(16)26-15-9-10-15)17-8-6-7-13-23(17)20(24)27-21(2,3)4;1-2/h11-12,14-15,17,19H,5-10,13H2,1-4H3;1-2H3. The minimum absolute atomic E-state index is 0.0840. The first-order valence-electron chi connectivity index (χ1n) is 11.1. The van der Waals surface area contributed by atoms with Crippen molar-refractivity contribution in [1.82, 2.24) is 9.88 Å². The summed E-state index contributed by atoms with van der Waals surface area (Å²) in [6, 6.07) is 1.82. The molecular formula is C23H38N2O4. The fourth-order valence-corrected chi connectivity index (χ4v) is 3.49. The average Bonchev–Trinajstić information content (AvgIpc) is 3.51. The molecule has 1 saturated carbocycles. The number of rotatable bonds is 6. The smallest absolute Gasteiger partial charge is 0.410 e. The maximum absolute atomic E-state index is 12.8. The lowest BCUT2D eigenvalue weighted by molar-refractivity contribution is -0.0415. The van der Waals surface area contributed by atoms with Crippen LogP contribution in [0, 0.1) is 0 Å². The molecule has 6 nitrogen and oxygen atoms in total. The second kappa shape index (κ2) is 10.8. The van der Waals surface area contributed by atoms with Crippen LogP contribution in [0.15, 0.2) is 18.5 Å². The number of pyridine rings is 1. The Hall–Kier alpha value is -1.82. The number of carbonyl (C=O) groups is 1. The molecule has 2 atom stereocenters. The summed E-state index contributed by atoms with van der Waals surface area (Å²) in [6.45, 7) is 12.9. The Morgan fingerprint density at radius 3 is 2.59 bits per heavy atom. The van der Waals surface area contributed by atoms with Gasteiger partial charge in [0.2, 0.25) is 0 Å². The highest BCUT2D eigenvalue weighted by Crippen LogP contribution is 2.38. The summed E-state index contributed by atoms with van der Waals surface area (Å²) < 4.78 is 17.9. The quantitative estimate of drug-likeness (QED) is 0.623. The summed E-state index contributed by atoms with van der Waals surface area (Å²) in [4.78, 5) is 19.0. The number of hydrogen-bond donors (Lipinski definition) is 0. The van der Waals surface area contributed by atoms with Crippen LogP contribution in [-0.2, 0) is 9.47 Å². The van der Waals surface area contributed by atoms with Gasteiger partial charge in [0.1, 0.15) is 17.5 Å². The molecule has 2 aliphatic rings. The number of carbonyl (C=O) groups excluding carboxylic acids is 1. The summed E-state index contributed by atoms with van der Waals surface area (Å²) in [7, 11) is 0. The molecule has 1 aromatic heterocycles. The molecule has 0 bridgehead atoms. The van der Waals surface area contributed by atoms with Gasteiger partial charge in [-0.05, 0) is 65.9 Å². The molecule has 0 N–H and O–H groups in total. The van der Waals surface area contributed by atoms with Crippen LogP contribution in [-0.4, -0.2) is 46.9 Å². The normalized spacial score (nSPS) is 20.3. The van der Waals surface area contributed by atoms with Gasteiger partial charge in [-0.1, -0.05) is 13.8 Å². The number of aromatic nitrogens is 1. The van der Waals surface area contributed by atoms with E-state index in [0.717, 1.165) is 43.4 Å². The second-order valence-electron chi connectivity index (χ2n) is 8.34. The molecular weight excluding hydrogens is 368 g/mol. The van der Waals surface area contributed by atoms with Crippen molar-refractivity contribution >= 4 is 6.09 Å². The third-order valence-electron chi connectivity index (χ3n) is 4.81. The van der Waals surface area contributed by atoms with Crippen LogP contribution in [0.3, 0.4) is 0 Å². The van der Waals surface area contributed by atoms with Gasteiger partial charge >= 0.3 is 6.09 Å². The first-order chi connectivity index (χ1) is 13.9. The highest BCUT2D eigenvalue weighted by atomic mass is 16.6. The molecule has 1 saturated heterocycles. The molecule has 2 heterocycles. The molecule has 3 rings (SSSR count). The van der Waals surface area contributed by atoms with Gasteiger partial charge in [-0.25, -0.2) is 4.79 Å². The van der Waals surface area contributed by atoms with Gasteiger partial charge in [0.15, 0.2) is 0 Å². The average molecular weight is 407 g/mol. The number of amides is 1. The number of likely N-dealkylation sites (tertiary alicyclic amines) is 1. The Morgan fingerprint density at radius 2 is 1.97 bits per heavy atom. The van der Waals surface area contributed by atoms with E-state index in [1.807, 2.05) is 58.7 Å². The second-order valence-corrected chi connectivity index (χ2v) is 8.34.